The number of hydrogen-bond acceptors (Lipinski definition) is 1. The highest BCUT2D eigenvalue weighted by atomic mass is 14.9. The molecule has 0 aliphatic carbocycles. The van der Waals surface area contributed by atoms with E-state index in [-0.39, 0.29) is 0 Å². The van der Waals surface area contributed by atoms with Gasteiger partial charge in [0, 0.05) is 11.7 Å². The molecule has 1 atom stereocenters. The van der Waals surface area contributed by atoms with Crippen molar-refractivity contribution in [2.24, 2.45) is 0 Å². The van der Waals surface area contributed by atoms with Crippen LogP contribution in [0, 0.1) is 6.92 Å². The predicted molar refractivity (Wildman–Crippen MR) is 59.1 cm³/mol. The molecule has 1 heteroatoms. The van der Waals surface area contributed by atoms with Crippen molar-refractivity contribution in [2.75, 3.05) is 5.32 Å². The largest absolute Gasteiger partial charge is 0.382 e. The van der Waals surface area contributed by atoms with E-state index in [9.17, 15) is 0 Å². The van der Waals surface area contributed by atoms with Crippen LogP contribution in [0.5, 0.6) is 0 Å². The monoisotopic (exact) mass is 175 g/mol. The summed E-state index contributed by atoms with van der Waals surface area (Å²) in [5, 5.41) is 3.44. The topological polar surface area (TPSA) is 12.0 Å². The highest BCUT2D eigenvalue weighted by molar-refractivity contribution is 5.50. The molecule has 0 fully saturated rings. The Morgan fingerprint density at radius 1 is 1.46 bits per heavy atom. The fourth-order valence-corrected chi connectivity index (χ4v) is 1.31. The Bertz CT molecular complexity index is 278. The summed E-state index contributed by atoms with van der Waals surface area (Å²) in [5.74, 6) is 0. The van der Waals surface area contributed by atoms with Crippen LogP contribution in [0.2, 0.25) is 0 Å². The summed E-state index contributed by atoms with van der Waals surface area (Å²) in [7, 11) is 0. The molecule has 1 aromatic carbocycles. The van der Waals surface area contributed by atoms with Gasteiger partial charge in [-0.05, 0) is 31.9 Å². The highest BCUT2D eigenvalue weighted by Crippen LogP contribution is 2.14. The number of aryl methyl sites for hydroxylation is 1. The summed E-state index contributed by atoms with van der Waals surface area (Å²) in [6.07, 6.45) is 2.93. The SMILES string of the molecule is C=CCC(C)Nc1ccccc1C. The summed E-state index contributed by atoms with van der Waals surface area (Å²) in [6.45, 7) is 8.00. The fraction of sp³-hybridized carbons (Fsp3) is 0.333. The molecule has 70 valence electrons. The third-order valence-electron chi connectivity index (χ3n) is 2.07. The highest BCUT2D eigenvalue weighted by Gasteiger charge is 2.00. The van der Waals surface area contributed by atoms with E-state index in [2.05, 4.69) is 50.0 Å². The second-order valence-electron chi connectivity index (χ2n) is 3.38. The molecule has 0 bridgehead atoms. The van der Waals surface area contributed by atoms with Crippen LogP contribution >= 0.6 is 0 Å². The molecular formula is C12H17N. The van der Waals surface area contributed by atoms with E-state index in [0.717, 1.165) is 6.42 Å². The number of nitrogens with one attached hydrogen (secondary N) is 1. The van der Waals surface area contributed by atoms with Gasteiger partial charge in [0.05, 0.1) is 0 Å². The van der Waals surface area contributed by atoms with E-state index < -0.39 is 0 Å². The number of rotatable bonds is 4. The second-order valence-corrected chi connectivity index (χ2v) is 3.38. The summed E-state index contributed by atoms with van der Waals surface area (Å²) in [5.41, 5.74) is 2.51. The zero-order valence-electron chi connectivity index (χ0n) is 8.38. The van der Waals surface area contributed by atoms with Gasteiger partial charge in [0.2, 0.25) is 0 Å². The van der Waals surface area contributed by atoms with Gasteiger partial charge in [-0.3, -0.25) is 0 Å². The maximum absolute atomic E-state index is 3.72. The van der Waals surface area contributed by atoms with Gasteiger partial charge < -0.3 is 5.32 Å². The van der Waals surface area contributed by atoms with Crippen LogP contribution in [0.25, 0.3) is 0 Å². The van der Waals surface area contributed by atoms with Crippen molar-refractivity contribution < 1.29 is 0 Å². The molecule has 0 radical (unpaired) electrons. The van der Waals surface area contributed by atoms with Crippen molar-refractivity contribution in [1.82, 2.24) is 0 Å². The van der Waals surface area contributed by atoms with Crippen LogP contribution in [0.15, 0.2) is 36.9 Å². The van der Waals surface area contributed by atoms with Crippen molar-refractivity contribution >= 4 is 5.69 Å². The van der Waals surface area contributed by atoms with Crippen molar-refractivity contribution in [2.45, 2.75) is 26.3 Å². The number of anilines is 1. The summed E-state index contributed by atoms with van der Waals surface area (Å²) < 4.78 is 0. The van der Waals surface area contributed by atoms with Gasteiger partial charge in [0.25, 0.3) is 0 Å². The lowest BCUT2D eigenvalue weighted by atomic mass is 10.1. The van der Waals surface area contributed by atoms with E-state index in [1.54, 1.807) is 0 Å². The van der Waals surface area contributed by atoms with Gasteiger partial charge in [-0.25, -0.2) is 0 Å². The molecule has 0 spiro atoms. The van der Waals surface area contributed by atoms with E-state index in [0.29, 0.717) is 6.04 Å². The molecule has 1 unspecified atom stereocenters. The molecule has 1 nitrogen and oxygen atoms in total. The average molecular weight is 175 g/mol. The van der Waals surface area contributed by atoms with E-state index >= 15 is 0 Å². The first kappa shape index (κ1) is 9.85. The molecule has 1 N–H and O–H groups in total. The summed E-state index contributed by atoms with van der Waals surface area (Å²) in [6, 6.07) is 8.78. The fourth-order valence-electron chi connectivity index (χ4n) is 1.31. The average Bonchev–Trinajstić information content (AvgIpc) is 2.09. The molecule has 0 saturated heterocycles. The van der Waals surface area contributed by atoms with Gasteiger partial charge in [-0.15, -0.1) is 6.58 Å². The Kier molecular flexibility index (Phi) is 3.56. The number of hydrogen-bond donors (Lipinski definition) is 1. The van der Waals surface area contributed by atoms with Crippen molar-refractivity contribution in [1.29, 1.82) is 0 Å². The zero-order valence-corrected chi connectivity index (χ0v) is 8.38. The third kappa shape index (κ3) is 2.94. The molecule has 0 heterocycles. The Hall–Kier alpha value is -1.24. The van der Waals surface area contributed by atoms with Gasteiger partial charge in [0.15, 0.2) is 0 Å². The number of benzene rings is 1. The molecule has 13 heavy (non-hydrogen) atoms. The lowest BCUT2D eigenvalue weighted by Gasteiger charge is -2.14. The van der Waals surface area contributed by atoms with Gasteiger partial charge >= 0.3 is 0 Å². The number of para-hydroxylation sites is 1. The predicted octanol–water partition coefficient (Wildman–Crippen LogP) is 3.37. The maximum atomic E-state index is 3.72. The first-order valence-corrected chi connectivity index (χ1v) is 4.67. The molecule has 0 aliphatic heterocycles. The van der Waals surface area contributed by atoms with Crippen LogP contribution in [0.3, 0.4) is 0 Å². The quantitative estimate of drug-likeness (QED) is 0.692. The lowest BCUT2D eigenvalue weighted by molar-refractivity contribution is 0.813. The van der Waals surface area contributed by atoms with E-state index in [4.69, 9.17) is 0 Å². The normalized spacial score (nSPS) is 12.2. The molecule has 0 aliphatic rings. The summed E-state index contributed by atoms with van der Waals surface area (Å²) >= 11 is 0. The molecular weight excluding hydrogens is 158 g/mol. The molecule has 1 rings (SSSR count). The van der Waals surface area contributed by atoms with Crippen LogP contribution in [-0.4, -0.2) is 6.04 Å². The molecule has 1 aromatic rings. The van der Waals surface area contributed by atoms with Crippen LogP contribution in [-0.2, 0) is 0 Å². The maximum Gasteiger partial charge on any atom is 0.0372 e. The molecule has 0 amide bonds. The zero-order chi connectivity index (χ0) is 9.68. The Labute approximate surface area is 80.5 Å². The minimum absolute atomic E-state index is 0.457. The van der Waals surface area contributed by atoms with Crippen LogP contribution in [0.4, 0.5) is 5.69 Å². The molecule has 0 aromatic heterocycles. The van der Waals surface area contributed by atoms with E-state index in [1.165, 1.54) is 11.3 Å². The summed E-state index contributed by atoms with van der Waals surface area (Å²) in [4.78, 5) is 0. The first-order valence-electron chi connectivity index (χ1n) is 4.67. The van der Waals surface area contributed by atoms with Crippen molar-refractivity contribution in [3.8, 4) is 0 Å². The standard InChI is InChI=1S/C12H17N/c1-4-7-11(3)13-12-9-6-5-8-10(12)2/h4-6,8-9,11,13H,1,7H2,2-3H3. The second kappa shape index (κ2) is 4.70. The minimum atomic E-state index is 0.457. The van der Waals surface area contributed by atoms with Crippen LogP contribution < -0.4 is 5.32 Å². The van der Waals surface area contributed by atoms with Gasteiger partial charge in [-0.2, -0.15) is 0 Å². The van der Waals surface area contributed by atoms with Crippen molar-refractivity contribution in [3.05, 3.63) is 42.5 Å². The Morgan fingerprint density at radius 3 is 2.77 bits per heavy atom. The Morgan fingerprint density at radius 2 is 2.15 bits per heavy atom. The molecule has 0 saturated carbocycles. The first-order chi connectivity index (χ1) is 6.24. The van der Waals surface area contributed by atoms with Crippen molar-refractivity contribution in [3.63, 3.8) is 0 Å². The van der Waals surface area contributed by atoms with E-state index in [1.807, 2.05) is 6.08 Å². The lowest BCUT2D eigenvalue weighted by Crippen LogP contribution is -2.14. The third-order valence-corrected chi connectivity index (χ3v) is 2.07. The van der Waals surface area contributed by atoms with Crippen LogP contribution in [0.1, 0.15) is 18.9 Å². The Balaban J connectivity index is 2.63. The van der Waals surface area contributed by atoms with Gasteiger partial charge in [-0.1, -0.05) is 24.3 Å². The van der Waals surface area contributed by atoms with Gasteiger partial charge in [0.1, 0.15) is 0 Å². The minimum Gasteiger partial charge on any atom is -0.382 e. The smallest absolute Gasteiger partial charge is 0.0372 e.